The van der Waals surface area contributed by atoms with Crippen LogP contribution in [0.25, 0.3) is 0 Å². The van der Waals surface area contributed by atoms with E-state index in [0.717, 1.165) is 0 Å². The molecule has 0 aromatic heterocycles. The number of nitrogens with one attached hydrogen (secondary N) is 1. The summed E-state index contributed by atoms with van der Waals surface area (Å²) in [6.45, 7) is 2.34. The van der Waals surface area contributed by atoms with Gasteiger partial charge in [0.15, 0.2) is 0 Å². The van der Waals surface area contributed by atoms with Crippen molar-refractivity contribution in [3.8, 4) is 0 Å². The third-order valence-corrected chi connectivity index (χ3v) is 4.43. The van der Waals surface area contributed by atoms with Gasteiger partial charge in [0, 0.05) is 49.2 Å². The minimum Gasteiger partial charge on any atom is -0.379 e. The number of carbonyl (C=O) groups excluding carboxylic acids is 2. The molecular formula is C11H18N4NaO7S. The van der Waals surface area contributed by atoms with Gasteiger partial charge in [-0.2, -0.15) is 13.5 Å². The first kappa shape index (κ1) is 19.8. The summed E-state index contributed by atoms with van der Waals surface area (Å²) >= 11 is 0. The van der Waals surface area contributed by atoms with Gasteiger partial charge < -0.3 is 9.64 Å². The molecule has 3 aliphatic rings. The molecule has 0 spiro atoms. The molecule has 0 aromatic carbocycles. The topological polar surface area (TPSA) is 129 Å². The van der Waals surface area contributed by atoms with Crippen molar-refractivity contribution in [3.63, 3.8) is 0 Å². The summed E-state index contributed by atoms with van der Waals surface area (Å²) in [6.07, 6.45) is 0.789. The van der Waals surface area contributed by atoms with Crippen LogP contribution in [0, 0.1) is 0 Å². The SMILES string of the molecule is O=C(NN1CCOCC1)[C@@H]1CC[C@@H]2CN1C(=O)N2OS(=O)(=O)O.[Na]. The molecule has 3 rings (SSSR count). The van der Waals surface area contributed by atoms with Gasteiger partial charge in [-0.05, 0) is 12.8 Å². The quantitative estimate of drug-likeness (QED) is 0.427. The van der Waals surface area contributed by atoms with Gasteiger partial charge in [-0.15, -0.1) is 4.28 Å². The van der Waals surface area contributed by atoms with Gasteiger partial charge in [0.2, 0.25) is 0 Å². The van der Waals surface area contributed by atoms with Crippen LogP contribution in [0.1, 0.15) is 12.8 Å². The molecule has 3 heterocycles. The normalized spacial score (nSPS) is 27.8. The average Bonchev–Trinajstić information content (AvgIpc) is 2.72. The third-order valence-electron chi connectivity index (χ3n) is 4.08. The van der Waals surface area contributed by atoms with Crippen molar-refractivity contribution in [1.82, 2.24) is 20.4 Å². The van der Waals surface area contributed by atoms with Crippen molar-refractivity contribution in [1.29, 1.82) is 0 Å². The Kier molecular flexibility index (Phi) is 6.47. The van der Waals surface area contributed by atoms with E-state index in [2.05, 4.69) is 9.71 Å². The van der Waals surface area contributed by atoms with E-state index in [4.69, 9.17) is 9.29 Å². The number of rotatable bonds is 4. The first-order chi connectivity index (χ1) is 10.8. The van der Waals surface area contributed by atoms with E-state index in [1.54, 1.807) is 5.01 Å². The molecule has 24 heavy (non-hydrogen) atoms. The molecule has 131 valence electrons. The second-order valence-corrected chi connectivity index (χ2v) is 6.59. The van der Waals surface area contributed by atoms with Crippen LogP contribution in [0.5, 0.6) is 0 Å². The first-order valence-corrected chi connectivity index (χ1v) is 8.62. The van der Waals surface area contributed by atoms with Crippen LogP contribution in [0.4, 0.5) is 4.79 Å². The van der Waals surface area contributed by atoms with Crippen molar-refractivity contribution < 1.29 is 31.6 Å². The maximum Gasteiger partial charge on any atom is 0.418 e. The zero-order chi connectivity index (χ0) is 16.6. The van der Waals surface area contributed by atoms with Crippen LogP contribution in [-0.2, 0) is 24.2 Å². The fourth-order valence-electron chi connectivity index (χ4n) is 3.01. The monoisotopic (exact) mass is 373 g/mol. The van der Waals surface area contributed by atoms with E-state index in [1.807, 2.05) is 0 Å². The summed E-state index contributed by atoms with van der Waals surface area (Å²) < 4.78 is 39.9. The number of piperidine rings is 1. The zero-order valence-corrected chi connectivity index (χ0v) is 16.1. The standard InChI is InChI=1S/C11H18N4O7S.Na/c16-10(12-13-3-5-21-6-4-13)9-2-1-8-7-14(9)11(17)15(8)22-23(18,19)20;/h8-9H,1-7H2,(H,12,16)(H,18,19,20);/t8-,9+;/m1./s1. The molecule has 3 saturated heterocycles. The van der Waals surface area contributed by atoms with E-state index >= 15 is 0 Å². The molecule has 0 aliphatic carbocycles. The van der Waals surface area contributed by atoms with E-state index in [9.17, 15) is 18.0 Å². The van der Waals surface area contributed by atoms with Gasteiger partial charge >= 0.3 is 16.4 Å². The number of amides is 3. The third kappa shape index (κ3) is 4.38. The summed E-state index contributed by atoms with van der Waals surface area (Å²) in [5.41, 5.74) is 2.75. The maximum atomic E-state index is 12.4. The second kappa shape index (κ2) is 7.83. The van der Waals surface area contributed by atoms with Crippen LogP contribution < -0.4 is 5.43 Å². The Balaban J connectivity index is 0.00000208. The summed E-state index contributed by atoms with van der Waals surface area (Å²) in [4.78, 5) is 25.8. The van der Waals surface area contributed by atoms with Crippen molar-refractivity contribution in [3.05, 3.63) is 0 Å². The first-order valence-electron chi connectivity index (χ1n) is 7.25. The molecule has 3 fully saturated rings. The largest absolute Gasteiger partial charge is 0.418 e. The maximum absolute atomic E-state index is 12.4. The Morgan fingerprint density at radius 3 is 2.58 bits per heavy atom. The molecule has 2 N–H and O–H groups in total. The molecule has 0 aromatic rings. The van der Waals surface area contributed by atoms with E-state index in [-0.39, 0.29) is 42.0 Å². The van der Waals surface area contributed by atoms with Crippen LogP contribution >= 0.6 is 0 Å². The summed E-state index contributed by atoms with van der Waals surface area (Å²) in [5.74, 6) is -0.326. The van der Waals surface area contributed by atoms with E-state index in [1.165, 1.54) is 4.90 Å². The predicted octanol–water partition coefficient (Wildman–Crippen LogP) is -2.03. The van der Waals surface area contributed by atoms with Gasteiger partial charge in [0.1, 0.15) is 6.04 Å². The smallest absolute Gasteiger partial charge is 0.379 e. The van der Waals surface area contributed by atoms with Gasteiger partial charge in [-0.1, -0.05) is 0 Å². The average molecular weight is 373 g/mol. The number of morpholine rings is 1. The molecule has 13 heteroatoms. The molecule has 0 unspecified atom stereocenters. The van der Waals surface area contributed by atoms with Crippen LogP contribution in [0.15, 0.2) is 0 Å². The van der Waals surface area contributed by atoms with Crippen LogP contribution in [0.3, 0.4) is 0 Å². The number of hydrogen-bond donors (Lipinski definition) is 2. The Morgan fingerprint density at radius 1 is 1.29 bits per heavy atom. The Morgan fingerprint density at radius 2 is 1.96 bits per heavy atom. The Bertz CT molecular complexity index is 597. The number of hydroxylamine groups is 2. The number of carbonyl (C=O) groups is 2. The molecule has 0 saturated carbocycles. The number of ether oxygens (including phenoxy) is 1. The second-order valence-electron chi connectivity index (χ2n) is 5.59. The number of urea groups is 1. The van der Waals surface area contributed by atoms with Crippen LogP contribution in [-0.4, -0.2) is 114 Å². The number of hydrazine groups is 1. The minimum atomic E-state index is -4.78. The van der Waals surface area contributed by atoms with Gasteiger partial charge in [-0.25, -0.2) is 9.80 Å². The minimum absolute atomic E-state index is 0. The summed E-state index contributed by atoms with van der Waals surface area (Å²) in [7, 11) is -4.78. The van der Waals surface area contributed by atoms with Gasteiger partial charge in [-0.3, -0.25) is 14.8 Å². The molecular weight excluding hydrogens is 355 g/mol. The Labute approximate surface area is 161 Å². The fourth-order valence-corrected chi connectivity index (χ4v) is 3.40. The van der Waals surface area contributed by atoms with Crippen molar-refractivity contribution >= 4 is 51.9 Å². The van der Waals surface area contributed by atoms with Gasteiger partial charge in [0.05, 0.1) is 19.3 Å². The molecule has 2 atom stereocenters. The molecule has 3 amide bonds. The predicted molar refractivity (Wildman–Crippen MR) is 79.7 cm³/mol. The van der Waals surface area contributed by atoms with Crippen molar-refractivity contribution in [2.45, 2.75) is 24.9 Å². The van der Waals surface area contributed by atoms with E-state index in [0.29, 0.717) is 44.2 Å². The van der Waals surface area contributed by atoms with E-state index < -0.39 is 28.5 Å². The van der Waals surface area contributed by atoms with Crippen molar-refractivity contribution in [2.75, 3.05) is 32.8 Å². The van der Waals surface area contributed by atoms with Crippen molar-refractivity contribution in [2.24, 2.45) is 0 Å². The molecule has 3 aliphatic heterocycles. The summed E-state index contributed by atoms with van der Waals surface area (Å²) in [5, 5.41) is 2.35. The molecule has 2 bridgehead atoms. The molecule has 11 nitrogen and oxygen atoms in total. The number of fused-ring (bicyclic) bond motifs is 2. The van der Waals surface area contributed by atoms with Crippen LogP contribution in [0.2, 0.25) is 0 Å². The Hall–Kier alpha value is -0.470. The zero-order valence-electron chi connectivity index (χ0n) is 13.3. The number of nitrogens with zero attached hydrogens (tertiary/aromatic N) is 3. The molecule has 1 radical (unpaired) electrons. The van der Waals surface area contributed by atoms with Gasteiger partial charge in [0.25, 0.3) is 5.91 Å². The fraction of sp³-hybridized carbons (Fsp3) is 0.818. The summed E-state index contributed by atoms with van der Waals surface area (Å²) in [6, 6.07) is -1.94. The number of hydrogen-bond acceptors (Lipinski definition) is 7.